The molecule has 6 unspecified atom stereocenters. The third-order valence-corrected chi connectivity index (χ3v) is 8.42. The second-order valence-corrected chi connectivity index (χ2v) is 9.75. The van der Waals surface area contributed by atoms with Crippen LogP contribution in [0, 0.1) is 28.6 Å². The summed E-state index contributed by atoms with van der Waals surface area (Å²) in [6.07, 6.45) is 10.7. The molecule has 0 radical (unpaired) electrons. The van der Waals surface area contributed by atoms with Crippen molar-refractivity contribution in [2.75, 3.05) is 0 Å². The van der Waals surface area contributed by atoms with Crippen molar-refractivity contribution >= 4 is 0 Å². The molecule has 1 heteroatoms. The van der Waals surface area contributed by atoms with Crippen LogP contribution in [0.5, 0.6) is 0 Å². The Morgan fingerprint density at radius 2 is 1.83 bits per heavy atom. The van der Waals surface area contributed by atoms with E-state index in [4.69, 9.17) is 0 Å². The maximum absolute atomic E-state index is 10.1. The standard InChI is InChI=1S/C23H34O/c1-14(2)21-15(3)12-20-18-7-6-16-13-17(24)8-10-22(16,4)19(18)9-11-23(20,21)5/h6,17-20,24H,1,7-13H2,2-5H3. The highest BCUT2D eigenvalue weighted by Crippen LogP contribution is 2.66. The number of rotatable bonds is 1. The van der Waals surface area contributed by atoms with Crippen molar-refractivity contribution in [2.24, 2.45) is 28.6 Å². The van der Waals surface area contributed by atoms with E-state index in [0.29, 0.717) is 10.8 Å². The highest BCUT2D eigenvalue weighted by atomic mass is 16.3. The molecule has 132 valence electrons. The number of aliphatic hydroxyl groups excluding tert-OH is 1. The molecule has 0 bridgehead atoms. The Morgan fingerprint density at radius 3 is 2.54 bits per heavy atom. The molecular weight excluding hydrogens is 292 g/mol. The Morgan fingerprint density at radius 1 is 1.12 bits per heavy atom. The van der Waals surface area contributed by atoms with Crippen LogP contribution in [0.3, 0.4) is 0 Å². The van der Waals surface area contributed by atoms with Crippen LogP contribution < -0.4 is 0 Å². The van der Waals surface area contributed by atoms with Gasteiger partial charge in [0.05, 0.1) is 6.10 Å². The lowest BCUT2D eigenvalue weighted by Crippen LogP contribution is -2.50. The zero-order valence-electron chi connectivity index (χ0n) is 16.0. The van der Waals surface area contributed by atoms with E-state index >= 15 is 0 Å². The third-order valence-electron chi connectivity index (χ3n) is 8.42. The fourth-order valence-corrected chi connectivity index (χ4v) is 7.42. The molecule has 2 fully saturated rings. The largest absolute Gasteiger partial charge is 0.393 e. The van der Waals surface area contributed by atoms with Crippen LogP contribution in [0.25, 0.3) is 0 Å². The van der Waals surface area contributed by atoms with Crippen LogP contribution in [-0.2, 0) is 0 Å². The molecule has 1 nitrogen and oxygen atoms in total. The van der Waals surface area contributed by atoms with Crippen molar-refractivity contribution in [2.45, 2.75) is 78.7 Å². The van der Waals surface area contributed by atoms with Crippen molar-refractivity contribution in [3.63, 3.8) is 0 Å². The Bertz CT molecular complexity index is 638. The van der Waals surface area contributed by atoms with Gasteiger partial charge in [-0.3, -0.25) is 0 Å². The number of aliphatic hydroxyl groups is 1. The topological polar surface area (TPSA) is 20.2 Å². The van der Waals surface area contributed by atoms with Gasteiger partial charge in [0, 0.05) is 0 Å². The molecule has 0 spiro atoms. The lowest BCUT2D eigenvalue weighted by molar-refractivity contribution is -0.0289. The van der Waals surface area contributed by atoms with Crippen LogP contribution in [0.4, 0.5) is 0 Å². The van der Waals surface area contributed by atoms with Crippen molar-refractivity contribution < 1.29 is 5.11 Å². The maximum atomic E-state index is 10.1. The average molecular weight is 327 g/mol. The predicted octanol–water partition coefficient (Wildman–Crippen LogP) is 5.81. The molecule has 0 heterocycles. The highest BCUT2D eigenvalue weighted by molar-refractivity contribution is 5.43. The number of hydrogen-bond acceptors (Lipinski definition) is 1. The average Bonchev–Trinajstić information content (AvgIpc) is 2.78. The van der Waals surface area contributed by atoms with E-state index in [2.05, 4.69) is 40.3 Å². The second-order valence-electron chi connectivity index (χ2n) is 9.75. The SMILES string of the molecule is C=C(C)C1=C(C)CC2C3CC=C4CC(O)CCC4(C)C3CCC12C. The minimum Gasteiger partial charge on any atom is -0.393 e. The summed E-state index contributed by atoms with van der Waals surface area (Å²) in [5, 5.41) is 10.1. The lowest BCUT2D eigenvalue weighted by Gasteiger charge is -2.57. The maximum Gasteiger partial charge on any atom is 0.0577 e. The second kappa shape index (κ2) is 5.34. The quantitative estimate of drug-likeness (QED) is 0.603. The van der Waals surface area contributed by atoms with Gasteiger partial charge in [-0.15, -0.1) is 0 Å². The minimum absolute atomic E-state index is 0.0971. The number of allylic oxidation sites excluding steroid dienone is 4. The summed E-state index contributed by atoms with van der Waals surface area (Å²) in [5.41, 5.74) is 6.79. The molecule has 24 heavy (non-hydrogen) atoms. The molecule has 0 aromatic carbocycles. The Hall–Kier alpha value is -0.820. The summed E-state index contributed by atoms with van der Waals surface area (Å²) >= 11 is 0. The van der Waals surface area contributed by atoms with Gasteiger partial charge in [-0.25, -0.2) is 0 Å². The molecule has 2 saturated carbocycles. The smallest absolute Gasteiger partial charge is 0.0577 e. The fourth-order valence-electron chi connectivity index (χ4n) is 7.42. The van der Waals surface area contributed by atoms with Crippen LogP contribution in [0.2, 0.25) is 0 Å². The fraction of sp³-hybridized carbons (Fsp3) is 0.739. The van der Waals surface area contributed by atoms with Gasteiger partial charge >= 0.3 is 0 Å². The van der Waals surface area contributed by atoms with E-state index in [1.54, 1.807) is 16.7 Å². The van der Waals surface area contributed by atoms with Gasteiger partial charge < -0.3 is 5.11 Å². The summed E-state index contributed by atoms with van der Waals surface area (Å²) in [4.78, 5) is 0. The lowest BCUT2D eigenvalue weighted by atomic mass is 9.47. The normalized spacial score (nSPS) is 47.6. The summed E-state index contributed by atoms with van der Waals surface area (Å²) in [5.74, 6) is 2.43. The molecule has 4 aliphatic carbocycles. The first kappa shape index (κ1) is 16.6. The molecule has 0 aliphatic heterocycles. The summed E-state index contributed by atoms with van der Waals surface area (Å²) in [6.45, 7) is 13.9. The molecule has 4 aliphatic rings. The molecule has 6 atom stereocenters. The van der Waals surface area contributed by atoms with Gasteiger partial charge in [-0.05, 0) is 93.0 Å². The first-order chi connectivity index (χ1) is 11.3. The first-order valence-electron chi connectivity index (χ1n) is 10.0. The zero-order chi connectivity index (χ0) is 17.3. The molecular formula is C23H34O. The van der Waals surface area contributed by atoms with Crippen LogP contribution in [-0.4, -0.2) is 11.2 Å². The summed E-state index contributed by atoms with van der Waals surface area (Å²) in [6, 6.07) is 0. The van der Waals surface area contributed by atoms with Crippen molar-refractivity contribution in [1.82, 2.24) is 0 Å². The van der Waals surface area contributed by atoms with Gasteiger partial charge in [0.15, 0.2) is 0 Å². The molecule has 1 N–H and O–H groups in total. The van der Waals surface area contributed by atoms with Gasteiger partial charge in [-0.1, -0.05) is 43.2 Å². The van der Waals surface area contributed by atoms with Crippen molar-refractivity contribution in [3.05, 3.63) is 34.9 Å². The Labute approximate surface area is 147 Å². The van der Waals surface area contributed by atoms with Gasteiger partial charge in [0.2, 0.25) is 0 Å². The summed E-state index contributed by atoms with van der Waals surface area (Å²) in [7, 11) is 0. The van der Waals surface area contributed by atoms with E-state index in [9.17, 15) is 5.11 Å². The van der Waals surface area contributed by atoms with E-state index in [-0.39, 0.29) is 6.10 Å². The van der Waals surface area contributed by atoms with Gasteiger partial charge in [0.1, 0.15) is 0 Å². The third kappa shape index (κ3) is 2.09. The van der Waals surface area contributed by atoms with E-state index in [0.717, 1.165) is 30.6 Å². The van der Waals surface area contributed by atoms with E-state index < -0.39 is 0 Å². The number of hydrogen-bond donors (Lipinski definition) is 1. The Kier molecular flexibility index (Phi) is 3.70. The van der Waals surface area contributed by atoms with Crippen LogP contribution in [0.15, 0.2) is 34.9 Å². The van der Waals surface area contributed by atoms with Gasteiger partial charge in [0.25, 0.3) is 0 Å². The molecule has 0 aromatic heterocycles. The minimum atomic E-state index is -0.0971. The molecule has 0 aromatic rings. The highest BCUT2D eigenvalue weighted by Gasteiger charge is 2.57. The van der Waals surface area contributed by atoms with E-state index in [1.165, 1.54) is 37.7 Å². The predicted molar refractivity (Wildman–Crippen MR) is 101 cm³/mol. The summed E-state index contributed by atoms with van der Waals surface area (Å²) < 4.78 is 0. The monoisotopic (exact) mass is 326 g/mol. The molecule has 0 saturated heterocycles. The Balaban J connectivity index is 1.70. The molecule has 0 amide bonds. The van der Waals surface area contributed by atoms with Crippen LogP contribution in [0.1, 0.15) is 72.6 Å². The first-order valence-corrected chi connectivity index (χ1v) is 10.0. The van der Waals surface area contributed by atoms with Crippen molar-refractivity contribution in [1.29, 1.82) is 0 Å². The molecule has 4 rings (SSSR count). The van der Waals surface area contributed by atoms with Gasteiger partial charge in [-0.2, -0.15) is 0 Å². The zero-order valence-corrected chi connectivity index (χ0v) is 16.0. The van der Waals surface area contributed by atoms with E-state index in [1.807, 2.05) is 0 Å². The number of fused-ring (bicyclic) bond motifs is 5. The van der Waals surface area contributed by atoms with Crippen LogP contribution >= 0.6 is 0 Å². The van der Waals surface area contributed by atoms with Crippen molar-refractivity contribution in [3.8, 4) is 0 Å².